The van der Waals surface area contributed by atoms with E-state index >= 15 is 0 Å². The van der Waals surface area contributed by atoms with Crippen LogP contribution in [0.4, 0.5) is 10.2 Å². The minimum Gasteiger partial charge on any atom is -0.350 e. The van der Waals surface area contributed by atoms with Crippen LogP contribution in [-0.4, -0.2) is 52.5 Å². The number of rotatable bonds is 4. The van der Waals surface area contributed by atoms with E-state index in [1.807, 2.05) is 16.7 Å². The summed E-state index contributed by atoms with van der Waals surface area (Å²) in [6, 6.07) is 5.66. The highest BCUT2D eigenvalue weighted by Gasteiger charge is 2.34. The summed E-state index contributed by atoms with van der Waals surface area (Å²) in [5.74, 6) is 1.58. The monoisotopic (exact) mass is 487 g/mol. The maximum absolute atomic E-state index is 13.1. The van der Waals surface area contributed by atoms with Gasteiger partial charge in [-0.15, -0.1) is 36.6 Å². The van der Waals surface area contributed by atoms with Crippen LogP contribution < -0.4 is 10.6 Å². The smallest absolute Gasteiger partial charge is 0.239 e. The van der Waals surface area contributed by atoms with E-state index in [9.17, 15) is 9.18 Å². The summed E-state index contributed by atoms with van der Waals surface area (Å²) in [5, 5.41) is 0.386. The molecule has 0 saturated carbocycles. The summed E-state index contributed by atoms with van der Waals surface area (Å²) in [6.45, 7) is 6.25. The molecule has 0 radical (unpaired) electrons. The molecule has 10 heteroatoms. The Morgan fingerprint density at radius 2 is 1.94 bits per heavy atom. The number of fused-ring (bicyclic) bond motifs is 1. The number of amides is 1. The van der Waals surface area contributed by atoms with Gasteiger partial charge in [0.25, 0.3) is 0 Å². The molecule has 2 aliphatic rings. The number of halogens is 3. The number of piperazine rings is 1. The summed E-state index contributed by atoms with van der Waals surface area (Å²) in [5.41, 5.74) is 9.40. The maximum Gasteiger partial charge on any atom is 0.239 e. The molecule has 1 fully saturated rings. The van der Waals surface area contributed by atoms with Crippen LogP contribution in [0.5, 0.6) is 0 Å². The van der Waals surface area contributed by atoms with Crippen molar-refractivity contribution in [3.05, 3.63) is 53.2 Å². The lowest BCUT2D eigenvalue weighted by Crippen LogP contribution is -2.57. The number of anilines is 1. The molecule has 6 nitrogen and oxygen atoms in total. The molecule has 1 aromatic carbocycles. The minimum absolute atomic E-state index is 0. The van der Waals surface area contributed by atoms with Gasteiger partial charge in [0.1, 0.15) is 18.0 Å². The fourth-order valence-corrected chi connectivity index (χ4v) is 5.18. The number of carbonyl (C=O) groups excluding carboxylic acids is 1. The Balaban J connectivity index is 0.00000171. The molecule has 1 amide bonds. The number of benzene rings is 1. The van der Waals surface area contributed by atoms with Crippen molar-refractivity contribution in [2.45, 2.75) is 43.4 Å². The first-order chi connectivity index (χ1) is 13.9. The molecule has 4 rings (SSSR count). The lowest BCUT2D eigenvalue weighted by Gasteiger charge is -2.42. The number of hydrogen-bond donors (Lipinski definition) is 1. The molecule has 31 heavy (non-hydrogen) atoms. The normalized spacial score (nSPS) is 21.0. The molecule has 2 N–H and O–H groups in total. The van der Waals surface area contributed by atoms with Crippen LogP contribution in [0.2, 0.25) is 0 Å². The minimum atomic E-state index is -0.626. The molecular weight excluding hydrogens is 460 g/mol. The Hall–Kier alpha value is -1.61. The van der Waals surface area contributed by atoms with Crippen LogP contribution in [0.3, 0.4) is 0 Å². The highest BCUT2D eigenvalue weighted by atomic mass is 35.5. The summed E-state index contributed by atoms with van der Waals surface area (Å²) < 4.78 is 13.1. The molecule has 2 aromatic rings. The fraction of sp³-hybridized carbons (Fsp3) is 0.476. The number of thioether (sulfide) groups is 1. The van der Waals surface area contributed by atoms with Crippen LogP contribution in [0.1, 0.15) is 35.9 Å². The second-order valence-corrected chi connectivity index (χ2v) is 9.10. The van der Waals surface area contributed by atoms with Crippen LogP contribution in [0.15, 0.2) is 30.6 Å². The summed E-state index contributed by atoms with van der Waals surface area (Å²) >= 11 is 1.88. The quantitative estimate of drug-likeness (QED) is 0.712. The Labute approximate surface area is 199 Å². The molecule has 3 atom stereocenters. The van der Waals surface area contributed by atoms with Gasteiger partial charge in [-0.3, -0.25) is 4.79 Å². The number of aromatic nitrogens is 2. The van der Waals surface area contributed by atoms with Gasteiger partial charge in [0, 0.05) is 42.2 Å². The van der Waals surface area contributed by atoms with Gasteiger partial charge in [-0.25, -0.2) is 14.4 Å². The molecule has 1 aromatic heterocycles. The van der Waals surface area contributed by atoms with Gasteiger partial charge in [-0.05, 0) is 38.0 Å². The molecule has 0 unspecified atom stereocenters. The van der Waals surface area contributed by atoms with E-state index < -0.39 is 6.04 Å². The van der Waals surface area contributed by atoms with Crippen LogP contribution in [0.25, 0.3) is 0 Å². The highest BCUT2D eigenvalue weighted by molar-refractivity contribution is 7.99. The van der Waals surface area contributed by atoms with E-state index in [0.29, 0.717) is 24.8 Å². The summed E-state index contributed by atoms with van der Waals surface area (Å²) in [7, 11) is 0. The third-order valence-electron chi connectivity index (χ3n) is 5.72. The van der Waals surface area contributed by atoms with Crippen molar-refractivity contribution in [1.82, 2.24) is 14.9 Å². The zero-order valence-electron chi connectivity index (χ0n) is 17.5. The molecular formula is C21H28Cl2FN5OS. The molecule has 0 aliphatic carbocycles. The van der Waals surface area contributed by atoms with Crippen LogP contribution in [0, 0.1) is 5.82 Å². The van der Waals surface area contributed by atoms with Crippen molar-refractivity contribution >= 4 is 48.3 Å². The van der Waals surface area contributed by atoms with Crippen molar-refractivity contribution in [2.24, 2.45) is 5.73 Å². The molecule has 0 spiro atoms. The van der Waals surface area contributed by atoms with E-state index in [2.05, 4.69) is 28.7 Å². The number of hydrogen-bond acceptors (Lipinski definition) is 6. The van der Waals surface area contributed by atoms with Gasteiger partial charge in [0.15, 0.2) is 0 Å². The molecule has 170 valence electrons. The molecule has 2 aliphatic heterocycles. The largest absolute Gasteiger partial charge is 0.350 e. The van der Waals surface area contributed by atoms with Crippen molar-refractivity contribution in [1.29, 1.82) is 0 Å². The molecule has 3 heterocycles. The van der Waals surface area contributed by atoms with E-state index in [1.54, 1.807) is 18.5 Å². The third-order valence-corrected chi connectivity index (χ3v) is 6.90. The Morgan fingerprint density at radius 1 is 1.23 bits per heavy atom. The number of carbonyl (C=O) groups is 1. The van der Waals surface area contributed by atoms with E-state index in [4.69, 9.17) is 5.73 Å². The number of nitrogens with two attached hydrogens (primary N) is 1. The van der Waals surface area contributed by atoms with Gasteiger partial charge in [-0.2, -0.15) is 0 Å². The predicted molar refractivity (Wildman–Crippen MR) is 128 cm³/mol. The lowest BCUT2D eigenvalue weighted by molar-refractivity contribution is -0.133. The number of nitrogens with zero attached hydrogens (tertiary/aromatic N) is 4. The Bertz CT molecular complexity index is 904. The fourth-order valence-electron chi connectivity index (χ4n) is 4.14. The van der Waals surface area contributed by atoms with E-state index in [-0.39, 0.29) is 42.6 Å². The second-order valence-electron chi connectivity index (χ2n) is 7.77. The third kappa shape index (κ3) is 5.42. The summed E-state index contributed by atoms with van der Waals surface area (Å²) in [4.78, 5) is 26.0. The average molecular weight is 488 g/mol. The van der Waals surface area contributed by atoms with Crippen molar-refractivity contribution < 1.29 is 9.18 Å². The standard InChI is InChI=1S/C21H26FN5OS.2ClH/c1-13-10-26(21(28)17(23)9-15-3-5-16(22)6-4-15)7-8-27(13)20-19-14(2)29-11-18(19)24-12-25-20;;/h3-6,12-14,17H,7-11,23H2,1-2H3;2*1H/t13-,14-,17+;;/m0../s1. The van der Waals surface area contributed by atoms with Crippen LogP contribution in [-0.2, 0) is 17.0 Å². The maximum atomic E-state index is 13.1. The first-order valence-electron chi connectivity index (χ1n) is 9.95. The van der Waals surface area contributed by atoms with Gasteiger partial charge in [0.2, 0.25) is 5.91 Å². The SMILES string of the molecule is C[C@@H]1SCc2ncnc(N3CCN(C(=O)[C@H](N)Cc4ccc(F)cc4)C[C@@H]3C)c21.Cl.Cl. The zero-order chi connectivity index (χ0) is 20.5. The van der Waals surface area contributed by atoms with Crippen LogP contribution >= 0.6 is 36.6 Å². The average Bonchev–Trinajstić information content (AvgIpc) is 3.10. The van der Waals surface area contributed by atoms with Gasteiger partial charge < -0.3 is 15.5 Å². The topological polar surface area (TPSA) is 75.4 Å². The van der Waals surface area contributed by atoms with Gasteiger partial charge >= 0.3 is 0 Å². The summed E-state index contributed by atoms with van der Waals surface area (Å²) in [6.07, 6.45) is 2.05. The second kappa shape index (κ2) is 10.8. The highest BCUT2D eigenvalue weighted by Crippen LogP contribution is 2.44. The van der Waals surface area contributed by atoms with E-state index in [0.717, 1.165) is 29.4 Å². The van der Waals surface area contributed by atoms with E-state index in [1.165, 1.54) is 17.7 Å². The van der Waals surface area contributed by atoms with Crippen molar-refractivity contribution in [2.75, 3.05) is 24.5 Å². The van der Waals surface area contributed by atoms with Gasteiger partial charge in [-0.1, -0.05) is 12.1 Å². The predicted octanol–water partition coefficient (Wildman–Crippen LogP) is 3.37. The molecule has 0 bridgehead atoms. The molecule has 1 saturated heterocycles. The lowest BCUT2D eigenvalue weighted by atomic mass is 10.0. The van der Waals surface area contributed by atoms with Crippen molar-refractivity contribution in [3.8, 4) is 0 Å². The first-order valence-corrected chi connectivity index (χ1v) is 11.0. The Kier molecular flexibility index (Phi) is 8.94. The Morgan fingerprint density at radius 3 is 2.61 bits per heavy atom. The van der Waals surface area contributed by atoms with Gasteiger partial charge in [0.05, 0.1) is 11.7 Å². The zero-order valence-corrected chi connectivity index (χ0v) is 20.0. The first kappa shape index (κ1) is 25.6. The van der Waals surface area contributed by atoms with Crippen molar-refractivity contribution in [3.63, 3.8) is 0 Å².